The van der Waals surface area contributed by atoms with Crippen LogP contribution in [0.25, 0.3) is 0 Å². The highest BCUT2D eigenvalue weighted by atomic mass is 16.7. The SMILES string of the molecule is C[C@H](O[C@@H]1O[C@H](C(=O)O)[C@@H](O)[C@H](O)[C@H]1O)[C@@H]1CCC2C3C=CC4=CC(=O)CC[C@]4(C)[C@H]3CC[C@@]21C. The molecular weight excluding hydrogens is 452 g/mol. The van der Waals surface area contributed by atoms with Crippen LogP contribution in [-0.2, 0) is 19.1 Å². The molecule has 5 rings (SSSR count). The van der Waals surface area contributed by atoms with E-state index >= 15 is 0 Å². The fraction of sp³-hybridized carbons (Fsp3) is 0.778. The van der Waals surface area contributed by atoms with Gasteiger partial charge in [-0.05, 0) is 85.2 Å². The molecule has 0 radical (unpaired) electrons. The van der Waals surface area contributed by atoms with Gasteiger partial charge in [0.1, 0.15) is 18.3 Å². The quantitative estimate of drug-likeness (QED) is 0.471. The topological polar surface area (TPSA) is 134 Å². The molecular formula is C27H38O8. The first kappa shape index (κ1) is 25.1. The second-order valence-electron chi connectivity index (χ2n) is 11.9. The highest BCUT2D eigenvalue weighted by Crippen LogP contribution is 2.65. The maximum atomic E-state index is 12.0. The molecule has 1 saturated heterocycles. The number of allylic oxidation sites excluding steroid dienone is 4. The number of carbonyl (C=O) groups excluding carboxylic acids is 1. The van der Waals surface area contributed by atoms with Crippen molar-refractivity contribution in [3.63, 3.8) is 0 Å². The number of aliphatic carboxylic acids is 1. The zero-order chi connectivity index (χ0) is 25.3. The van der Waals surface area contributed by atoms with Gasteiger partial charge in [0.05, 0.1) is 6.10 Å². The van der Waals surface area contributed by atoms with E-state index in [1.807, 2.05) is 13.0 Å². The number of carbonyl (C=O) groups is 2. The van der Waals surface area contributed by atoms with Crippen LogP contribution in [0.1, 0.15) is 59.3 Å². The van der Waals surface area contributed by atoms with Crippen LogP contribution in [-0.4, -0.2) is 69.0 Å². The Labute approximate surface area is 206 Å². The van der Waals surface area contributed by atoms with Gasteiger partial charge < -0.3 is 29.9 Å². The highest BCUT2D eigenvalue weighted by molar-refractivity contribution is 5.92. The number of fused-ring (bicyclic) bond motifs is 5. The molecule has 4 aliphatic carbocycles. The van der Waals surface area contributed by atoms with Gasteiger partial charge in [0.2, 0.25) is 0 Å². The Kier molecular flexibility index (Phi) is 6.28. The Bertz CT molecular complexity index is 943. The van der Waals surface area contributed by atoms with E-state index in [4.69, 9.17) is 9.47 Å². The van der Waals surface area contributed by atoms with Crippen molar-refractivity contribution in [3.05, 3.63) is 23.8 Å². The average molecular weight is 491 g/mol. The number of aliphatic hydroxyl groups is 3. The molecule has 12 atom stereocenters. The molecule has 2 unspecified atom stereocenters. The van der Waals surface area contributed by atoms with Gasteiger partial charge in [0.15, 0.2) is 18.2 Å². The van der Waals surface area contributed by atoms with E-state index in [-0.39, 0.29) is 28.6 Å². The molecule has 2 saturated carbocycles. The van der Waals surface area contributed by atoms with Crippen molar-refractivity contribution < 1.29 is 39.5 Å². The molecule has 0 aromatic heterocycles. The minimum atomic E-state index is -1.73. The molecule has 0 spiro atoms. The predicted molar refractivity (Wildman–Crippen MR) is 125 cm³/mol. The van der Waals surface area contributed by atoms with Crippen molar-refractivity contribution in [2.45, 2.75) is 96.1 Å². The second-order valence-corrected chi connectivity index (χ2v) is 11.9. The van der Waals surface area contributed by atoms with Crippen LogP contribution in [0.15, 0.2) is 23.8 Å². The number of rotatable bonds is 4. The minimum absolute atomic E-state index is 0.0108. The summed E-state index contributed by atoms with van der Waals surface area (Å²) in [5.41, 5.74) is 1.23. The van der Waals surface area contributed by atoms with Crippen molar-refractivity contribution in [3.8, 4) is 0 Å². The summed E-state index contributed by atoms with van der Waals surface area (Å²) >= 11 is 0. The smallest absolute Gasteiger partial charge is 0.335 e. The summed E-state index contributed by atoms with van der Waals surface area (Å²) in [5, 5.41) is 39.9. The standard InChI is InChI=1S/C27H38O8/c1-13(34-25-22(31)20(29)21(30)23(35-25)24(32)33)17-6-7-18-16-5-4-14-12-15(28)8-10-26(14,2)19(16)9-11-27(17,18)3/h4-5,12-13,16-23,25,29-31H,6-11H2,1-3H3,(H,32,33)/t13-,16?,17-,18?,19-,20-,21-,22+,23-,25+,26-,27+/m0/s1. The first-order valence-electron chi connectivity index (χ1n) is 13.0. The molecule has 194 valence electrons. The number of hydrogen-bond acceptors (Lipinski definition) is 7. The van der Waals surface area contributed by atoms with Crippen LogP contribution in [0.3, 0.4) is 0 Å². The third kappa shape index (κ3) is 3.84. The Morgan fingerprint density at radius 3 is 2.54 bits per heavy atom. The fourth-order valence-corrected chi connectivity index (χ4v) is 8.28. The Balaban J connectivity index is 1.33. The summed E-state index contributed by atoms with van der Waals surface area (Å²) in [5.74, 6) is 0.417. The molecule has 8 heteroatoms. The molecule has 1 heterocycles. The number of carboxylic acids is 1. The van der Waals surface area contributed by atoms with Crippen LogP contribution in [0, 0.1) is 34.5 Å². The lowest BCUT2D eigenvalue weighted by atomic mass is 9.48. The van der Waals surface area contributed by atoms with Crippen LogP contribution in [0.5, 0.6) is 0 Å². The van der Waals surface area contributed by atoms with Crippen molar-refractivity contribution in [2.75, 3.05) is 0 Å². The monoisotopic (exact) mass is 490 g/mol. The van der Waals surface area contributed by atoms with Crippen molar-refractivity contribution in [1.82, 2.24) is 0 Å². The number of carboxylic acid groups (broad SMARTS) is 1. The maximum absolute atomic E-state index is 12.0. The van der Waals surface area contributed by atoms with E-state index < -0.39 is 36.7 Å². The zero-order valence-electron chi connectivity index (χ0n) is 20.7. The summed E-state index contributed by atoms with van der Waals surface area (Å²) in [7, 11) is 0. The van der Waals surface area contributed by atoms with Gasteiger partial charge in [-0.25, -0.2) is 4.79 Å². The Morgan fingerprint density at radius 1 is 1.09 bits per heavy atom. The van der Waals surface area contributed by atoms with E-state index in [1.165, 1.54) is 5.57 Å². The maximum Gasteiger partial charge on any atom is 0.335 e. The van der Waals surface area contributed by atoms with E-state index in [1.54, 1.807) is 0 Å². The van der Waals surface area contributed by atoms with Crippen LogP contribution >= 0.6 is 0 Å². The van der Waals surface area contributed by atoms with Gasteiger partial charge in [0.25, 0.3) is 0 Å². The Morgan fingerprint density at radius 2 is 1.83 bits per heavy atom. The van der Waals surface area contributed by atoms with E-state index in [0.29, 0.717) is 24.2 Å². The Hall–Kier alpha value is -1.58. The van der Waals surface area contributed by atoms with Crippen molar-refractivity contribution >= 4 is 11.8 Å². The summed E-state index contributed by atoms with van der Waals surface area (Å²) in [6.45, 7) is 6.58. The van der Waals surface area contributed by atoms with Gasteiger partial charge in [-0.3, -0.25) is 4.79 Å². The lowest BCUT2D eigenvalue weighted by molar-refractivity contribution is -0.309. The third-order valence-electron chi connectivity index (χ3n) is 10.3. The average Bonchev–Trinajstić information content (AvgIpc) is 3.17. The highest BCUT2D eigenvalue weighted by Gasteiger charge is 2.59. The van der Waals surface area contributed by atoms with Gasteiger partial charge in [-0.2, -0.15) is 0 Å². The van der Waals surface area contributed by atoms with Gasteiger partial charge >= 0.3 is 5.97 Å². The molecule has 0 bridgehead atoms. The normalized spacial score (nSPS) is 50.1. The lowest BCUT2D eigenvalue weighted by Gasteiger charge is -2.56. The van der Waals surface area contributed by atoms with Crippen molar-refractivity contribution in [2.24, 2.45) is 34.5 Å². The predicted octanol–water partition coefficient (Wildman–Crippen LogP) is 2.21. The summed E-state index contributed by atoms with van der Waals surface area (Å²) in [6.07, 6.45) is 3.76. The summed E-state index contributed by atoms with van der Waals surface area (Å²) < 4.78 is 11.5. The molecule has 5 aliphatic rings. The number of aliphatic hydroxyl groups excluding tert-OH is 3. The molecule has 0 aromatic carbocycles. The van der Waals surface area contributed by atoms with Crippen molar-refractivity contribution in [1.29, 1.82) is 0 Å². The second kappa shape index (κ2) is 8.77. The van der Waals surface area contributed by atoms with Crippen LogP contribution in [0.2, 0.25) is 0 Å². The fourth-order valence-electron chi connectivity index (χ4n) is 8.28. The molecule has 4 N–H and O–H groups in total. The van der Waals surface area contributed by atoms with Crippen LogP contribution in [0.4, 0.5) is 0 Å². The zero-order valence-corrected chi connectivity index (χ0v) is 20.7. The lowest BCUT2D eigenvalue weighted by Crippen LogP contribution is -2.61. The van der Waals surface area contributed by atoms with E-state index in [2.05, 4.69) is 26.0 Å². The molecule has 1 aliphatic heterocycles. The summed E-state index contributed by atoms with van der Waals surface area (Å²) in [4.78, 5) is 23.5. The molecule has 0 amide bonds. The molecule has 8 nitrogen and oxygen atoms in total. The van der Waals surface area contributed by atoms with Crippen LogP contribution < -0.4 is 0 Å². The largest absolute Gasteiger partial charge is 0.479 e. The van der Waals surface area contributed by atoms with E-state index in [9.17, 15) is 30.0 Å². The first-order chi connectivity index (χ1) is 16.5. The first-order valence-corrected chi connectivity index (χ1v) is 13.0. The van der Waals surface area contributed by atoms with Gasteiger partial charge in [-0.15, -0.1) is 0 Å². The minimum Gasteiger partial charge on any atom is -0.479 e. The number of ether oxygens (including phenoxy) is 2. The van der Waals surface area contributed by atoms with E-state index in [0.717, 1.165) is 32.1 Å². The number of hydrogen-bond donors (Lipinski definition) is 4. The molecule has 0 aromatic rings. The number of ketones is 1. The van der Waals surface area contributed by atoms with Gasteiger partial charge in [0, 0.05) is 6.42 Å². The summed E-state index contributed by atoms with van der Waals surface area (Å²) in [6, 6.07) is 0. The molecule has 3 fully saturated rings. The molecule has 35 heavy (non-hydrogen) atoms. The third-order valence-corrected chi connectivity index (χ3v) is 10.3. The van der Waals surface area contributed by atoms with Gasteiger partial charge in [-0.1, -0.05) is 26.0 Å².